The van der Waals surface area contributed by atoms with Crippen molar-refractivity contribution in [2.24, 2.45) is 5.16 Å². The lowest BCUT2D eigenvalue weighted by molar-refractivity contribution is -0.136. The molecule has 1 aliphatic carbocycles. The summed E-state index contributed by atoms with van der Waals surface area (Å²) >= 11 is 0. The topological polar surface area (TPSA) is 70.9 Å². The van der Waals surface area contributed by atoms with E-state index in [-0.39, 0.29) is 24.3 Å². The maximum atomic E-state index is 14.7. The average molecular weight is 437 g/mol. The largest absolute Gasteiger partial charge is 0.481 e. The molecule has 0 saturated carbocycles. The van der Waals surface area contributed by atoms with Crippen molar-refractivity contribution in [2.75, 3.05) is 6.54 Å². The fourth-order valence-electron chi connectivity index (χ4n) is 3.59. The molecule has 2 aromatic carbocycles. The molecule has 168 valence electrons. The summed E-state index contributed by atoms with van der Waals surface area (Å²) in [6, 6.07) is 13.0. The van der Waals surface area contributed by atoms with Crippen LogP contribution >= 0.6 is 0 Å². The Balaban J connectivity index is 1.53. The molecule has 6 heteroatoms. The van der Waals surface area contributed by atoms with Crippen LogP contribution in [0.3, 0.4) is 0 Å². The van der Waals surface area contributed by atoms with E-state index in [1.165, 1.54) is 6.07 Å². The smallest absolute Gasteiger partial charge is 0.304 e. The van der Waals surface area contributed by atoms with Crippen LogP contribution in [0.4, 0.5) is 4.39 Å². The lowest BCUT2D eigenvalue weighted by atomic mass is 9.77. The van der Waals surface area contributed by atoms with Gasteiger partial charge in [-0.05, 0) is 41.7 Å². The number of oxime groups is 1. The normalized spacial score (nSPS) is 18.0. The van der Waals surface area contributed by atoms with Crippen molar-refractivity contribution in [1.82, 2.24) is 5.32 Å². The van der Waals surface area contributed by atoms with E-state index in [0.29, 0.717) is 18.7 Å². The Hall–Kier alpha value is -3.25. The van der Waals surface area contributed by atoms with Gasteiger partial charge in [0.2, 0.25) is 0 Å². The predicted octanol–water partition coefficient (Wildman–Crippen LogP) is 5.10. The minimum Gasteiger partial charge on any atom is -0.481 e. The first-order valence-electron chi connectivity index (χ1n) is 10.7. The molecule has 1 unspecified atom stereocenters. The molecule has 1 atom stereocenters. The highest BCUT2D eigenvalue weighted by Crippen LogP contribution is 2.34. The molecule has 0 heterocycles. The van der Waals surface area contributed by atoms with Gasteiger partial charge in [-0.15, -0.1) is 0 Å². The molecule has 1 aliphatic rings. The van der Waals surface area contributed by atoms with Gasteiger partial charge in [-0.2, -0.15) is 0 Å². The highest BCUT2D eigenvalue weighted by molar-refractivity contribution is 5.98. The highest BCUT2D eigenvalue weighted by atomic mass is 19.1. The number of allylic oxidation sites excluding steroid dienone is 4. The number of aliphatic carboxylic acids is 1. The van der Waals surface area contributed by atoms with Crippen LogP contribution < -0.4 is 5.32 Å². The van der Waals surface area contributed by atoms with Crippen molar-refractivity contribution in [1.29, 1.82) is 0 Å². The number of halogens is 1. The summed E-state index contributed by atoms with van der Waals surface area (Å²) in [4.78, 5) is 16.0. The Morgan fingerprint density at radius 1 is 1.19 bits per heavy atom. The Morgan fingerprint density at radius 3 is 2.59 bits per heavy atom. The number of hydrogen-bond donors (Lipinski definition) is 2. The van der Waals surface area contributed by atoms with Crippen molar-refractivity contribution in [3.63, 3.8) is 0 Å². The molecule has 2 aromatic rings. The monoisotopic (exact) mass is 436 g/mol. The molecule has 0 aliphatic heterocycles. The van der Waals surface area contributed by atoms with Crippen molar-refractivity contribution in [2.45, 2.75) is 45.3 Å². The summed E-state index contributed by atoms with van der Waals surface area (Å²) < 4.78 is 14.7. The van der Waals surface area contributed by atoms with Crippen LogP contribution in [0.15, 0.2) is 71.9 Å². The average Bonchev–Trinajstić information content (AvgIpc) is 2.77. The third kappa shape index (κ3) is 6.37. The maximum Gasteiger partial charge on any atom is 0.304 e. The van der Waals surface area contributed by atoms with Gasteiger partial charge in [0.05, 0.1) is 12.1 Å². The second-order valence-corrected chi connectivity index (χ2v) is 8.19. The Labute approximate surface area is 188 Å². The van der Waals surface area contributed by atoms with Crippen LogP contribution in [0.2, 0.25) is 0 Å². The molecule has 5 nitrogen and oxygen atoms in total. The zero-order valence-corrected chi connectivity index (χ0v) is 18.5. The van der Waals surface area contributed by atoms with Crippen molar-refractivity contribution in [3.05, 3.63) is 94.8 Å². The zero-order valence-electron chi connectivity index (χ0n) is 18.5. The third-order valence-corrected chi connectivity index (χ3v) is 5.55. The lowest BCUT2D eigenvalue weighted by Gasteiger charge is -2.27. The lowest BCUT2D eigenvalue weighted by Crippen LogP contribution is -2.21. The van der Waals surface area contributed by atoms with Crippen LogP contribution in [0.1, 0.15) is 48.9 Å². The van der Waals surface area contributed by atoms with Crippen molar-refractivity contribution >= 4 is 11.7 Å². The highest BCUT2D eigenvalue weighted by Gasteiger charge is 2.26. The van der Waals surface area contributed by atoms with E-state index in [2.05, 4.69) is 16.5 Å². The SMILES string of the molecule is C/C(=N\OCc1ccc(C2(C)C=CC=CC2)c(F)c1)c1ccc(CNCCC(=O)O)cc1. The van der Waals surface area contributed by atoms with Gasteiger partial charge in [0.1, 0.15) is 12.4 Å². The van der Waals surface area contributed by atoms with Gasteiger partial charge in [-0.25, -0.2) is 4.39 Å². The fraction of sp³-hybridized carbons (Fsp3) is 0.308. The van der Waals surface area contributed by atoms with Gasteiger partial charge < -0.3 is 15.3 Å². The molecular weight excluding hydrogens is 407 g/mol. The number of rotatable bonds is 10. The van der Waals surface area contributed by atoms with Gasteiger partial charge in [0.15, 0.2) is 0 Å². The summed E-state index contributed by atoms with van der Waals surface area (Å²) in [6.45, 7) is 5.11. The summed E-state index contributed by atoms with van der Waals surface area (Å²) in [5.41, 5.74) is 3.78. The van der Waals surface area contributed by atoms with Crippen LogP contribution in [-0.4, -0.2) is 23.3 Å². The van der Waals surface area contributed by atoms with E-state index in [9.17, 15) is 9.18 Å². The van der Waals surface area contributed by atoms with Gasteiger partial charge in [-0.3, -0.25) is 4.79 Å². The molecule has 3 rings (SSSR count). The standard InChI is InChI=1S/C26H29FN2O3/c1-19(22-9-6-20(7-10-22)17-28-15-12-25(30)31)29-32-18-21-8-11-23(24(27)16-21)26(2)13-4-3-5-14-26/h3-11,13,16,28H,12,14-15,17-18H2,1-2H3,(H,30,31)/b29-19+. The molecule has 0 amide bonds. The summed E-state index contributed by atoms with van der Waals surface area (Å²) in [5, 5.41) is 15.9. The Bertz CT molecular complexity index is 1030. The fourth-order valence-corrected chi connectivity index (χ4v) is 3.59. The molecule has 0 bridgehead atoms. The summed E-state index contributed by atoms with van der Waals surface area (Å²) in [7, 11) is 0. The number of carbonyl (C=O) groups is 1. The number of benzene rings is 2. The first-order valence-corrected chi connectivity index (χ1v) is 10.7. The second kappa shape index (κ2) is 10.9. The van der Waals surface area contributed by atoms with Crippen LogP contribution in [0.5, 0.6) is 0 Å². The summed E-state index contributed by atoms with van der Waals surface area (Å²) in [6.07, 6.45) is 8.90. The number of nitrogens with one attached hydrogen (secondary N) is 1. The van der Waals surface area contributed by atoms with Gasteiger partial charge >= 0.3 is 5.97 Å². The summed E-state index contributed by atoms with van der Waals surface area (Å²) in [5.74, 6) is -1.05. The van der Waals surface area contributed by atoms with E-state index in [0.717, 1.165) is 28.8 Å². The number of carboxylic acids is 1. The number of carboxylic acid groups (broad SMARTS) is 1. The minimum atomic E-state index is -0.813. The molecule has 32 heavy (non-hydrogen) atoms. The number of nitrogens with zero attached hydrogens (tertiary/aromatic N) is 1. The van der Waals surface area contributed by atoms with Gasteiger partial charge in [0.25, 0.3) is 0 Å². The zero-order chi connectivity index (χ0) is 23.0. The van der Waals surface area contributed by atoms with Crippen LogP contribution in [-0.2, 0) is 28.2 Å². The molecule has 0 spiro atoms. The molecule has 0 aromatic heterocycles. The Kier molecular flexibility index (Phi) is 7.95. The first kappa shape index (κ1) is 23.4. The second-order valence-electron chi connectivity index (χ2n) is 8.19. The Morgan fingerprint density at radius 2 is 1.94 bits per heavy atom. The van der Waals surface area contributed by atoms with E-state index in [4.69, 9.17) is 9.94 Å². The minimum absolute atomic E-state index is 0.0987. The molecule has 0 saturated heterocycles. The molecule has 0 fully saturated rings. The number of hydrogen-bond acceptors (Lipinski definition) is 4. The van der Waals surface area contributed by atoms with Gasteiger partial charge in [0, 0.05) is 18.5 Å². The third-order valence-electron chi connectivity index (χ3n) is 5.55. The van der Waals surface area contributed by atoms with E-state index in [1.54, 1.807) is 0 Å². The van der Waals surface area contributed by atoms with E-state index >= 15 is 0 Å². The molecule has 0 radical (unpaired) electrons. The predicted molar refractivity (Wildman–Crippen MR) is 124 cm³/mol. The maximum absolute atomic E-state index is 14.7. The van der Waals surface area contributed by atoms with E-state index in [1.807, 2.05) is 68.5 Å². The van der Waals surface area contributed by atoms with Crippen LogP contribution in [0.25, 0.3) is 0 Å². The van der Waals surface area contributed by atoms with E-state index < -0.39 is 5.97 Å². The van der Waals surface area contributed by atoms with Gasteiger partial charge in [-0.1, -0.05) is 72.8 Å². The molecular formula is C26H29FN2O3. The molecule has 2 N–H and O–H groups in total. The van der Waals surface area contributed by atoms with Crippen molar-refractivity contribution in [3.8, 4) is 0 Å². The quantitative estimate of drug-likeness (QED) is 0.309. The van der Waals surface area contributed by atoms with Crippen LogP contribution in [0, 0.1) is 5.82 Å². The first-order chi connectivity index (χ1) is 15.4. The van der Waals surface area contributed by atoms with Crippen molar-refractivity contribution < 1.29 is 19.1 Å².